The van der Waals surface area contributed by atoms with E-state index in [0.29, 0.717) is 0 Å². The van der Waals surface area contributed by atoms with Crippen molar-refractivity contribution in [1.82, 2.24) is 4.98 Å². The predicted molar refractivity (Wildman–Crippen MR) is 84.9 cm³/mol. The lowest BCUT2D eigenvalue weighted by Crippen LogP contribution is -1.98. The monoisotopic (exact) mass is 260 g/mol. The minimum Gasteiger partial charge on any atom is -0.384 e. The maximum Gasteiger partial charge on any atom is 0.0499 e. The normalized spacial score (nSPS) is 10.1. The van der Waals surface area contributed by atoms with Crippen LogP contribution in [-0.4, -0.2) is 11.5 Å². The van der Waals surface area contributed by atoms with Crippen LogP contribution in [0.4, 0.5) is 5.69 Å². The van der Waals surface area contributed by atoms with Gasteiger partial charge in [-0.3, -0.25) is 0 Å². The highest BCUT2D eigenvalue weighted by atomic mass is 14.9. The van der Waals surface area contributed by atoms with Crippen molar-refractivity contribution in [3.8, 4) is 11.8 Å². The molecular weight excluding hydrogens is 244 g/mol. The summed E-state index contributed by atoms with van der Waals surface area (Å²) in [5.41, 5.74) is 4.26. The number of aromatic nitrogens is 1. The summed E-state index contributed by atoms with van der Waals surface area (Å²) in [6.45, 7) is 2.98. The third kappa shape index (κ3) is 2.53. The molecule has 0 spiro atoms. The molecule has 0 unspecified atom stereocenters. The number of aromatic amines is 1. The van der Waals surface area contributed by atoms with Crippen LogP contribution in [0.15, 0.2) is 54.7 Å². The Balaban J connectivity index is 1.94. The van der Waals surface area contributed by atoms with Gasteiger partial charge < -0.3 is 10.3 Å². The Morgan fingerprint density at radius 3 is 2.85 bits per heavy atom. The predicted octanol–water partition coefficient (Wildman–Crippen LogP) is 4.00. The molecule has 0 bridgehead atoms. The van der Waals surface area contributed by atoms with Crippen molar-refractivity contribution in [3.05, 3.63) is 65.9 Å². The SMILES string of the molecule is CCNc1ccccc1C#Cc1ccc2cc[nH]c2c1. The topological polar surface area (TPSA) is 27.8 Å². The molecule has 2 heteroatoms. The van der Waals surface area contributed by atoms with Crippen molar-refractivity contribution in [2.75, 3.05) is 11.9 Å². The number of rotatable bonds is 2. The summed E-state index contributed by atoms with van der Waals surface area (Å²) < 4.78 is 0. The minimum atomic E-state index is 0.896. The van der Waals surface area contributed by atoms with Gasteiger partial charge in [-0.05, 0) is 42.6 Å². The standard InChI is InChI=1S/C18H16N2/c1-2-19-17-6-4-3-5-15(17)9-7-14-8-10-16-11-12-20-18(16)13-14/h3-6,8,10-13,19-20H,2H2,1H3. The Bertz CT molecular complexity index is 788. The van der Waals surface area contributed by atoms with E-state index in [1.807, 2.05) is 24.4 Å². The zero-order valence-corrected chi connectivity index (χ0v) is 11.4. The van der Waals surface area contributed by atoms with E-state index in [1.54, 1.807) is 0 Å². The van der Waals surface area contributed by atoms with E-state index in [0.717, 1.165) is 28.9 Å². The van der Waals surface area contributed by atoms with Crippen molar-refractivity contribution in [3.63, 3.8) is 0 Å². The van der Waals surface area contributed by atoms with Gasteiger partial charge in [0.25, 0.3) is 0 Å². The molecule has 2 N–H and O–H groups in total. The average molecular weight is 260 g/mol. The van der Waals surface area contributed by atoms with Crippen LogP contribution in [0.3, 0.4) is 0 Å². The fourth-order valence-electron chi connectivity index (χ4n) is 2.20. The molecule has 3 rings (SSSR count). The zero-order chi connectivity index (χ0) is 13.8. The molecule has 3 aromatic rings. The zero-order valence-electron chi connectivity index (χ0n) is 11.4. The summed E-state index contributed by atoms with van der Waals surface area (Å²) in [7, 11) is 0. The third-order valence-corrected chi connectivity index (χ3v) is 3.19. The van der Waals surface area contributed by atoms with Crippen molar-refractivity contribution in [2.24, 2.45) is 0 Å². The summed E-state index contributed by atoms with van der Waals surface area (Å²) in [6.07, 6.45) is 1.95. The Kier molecular flexibility index (Phi) is 3.43. The number of anilines is 1. The molecule has 0 aliphatic carbocycles. The number of nitrogens with one attached hydrogen (secondary N) is 2. The van der Waals surface area contributed by atoms with Crippen molar-refractivity contribution >= 4 is 16.6 Å². The molecule has 20 heavy (non-hydrogen) atoms. The summed E-state index contributed by atoms with van der Waals surface area (Å²) in [6, 6.07) is 16.4. The lowest BCUT2D eigenvalue weighted by atomic mass is 10.1. The fraction of sp³-hybridized carbons (Fsp3) is 0.111. The summed E-state index contributed by atoms with van der Waals surface area (Å²) in [5.74, 6) is 6.48. The molecule has 2 nitrogen and oxygen atoms in total. The molecule has 1 heterocycles. The van der Waals surface area contributed by atoms with Crippen LogP contribution in [0.5, 0.6) is 0 Å². The Hall–Kier alpha value is -2.66. The molecular formula is C18H16N2. The molecule has 1 aromatic heterocycles. The number of benzene rings is 2. The van der Waals surface area contributed by atoms with Crippen molar-refractivity contribution < 1.29 is 0 Å². The minimum absolute atomic E-state index is 0.896. The first-order chi connectivity index (χ1) is 9.86. The largest absolute Gasteiger partial charge is 0.384 e. The van der Waals surface area contributed by atoms with E-state index in [-0.39, 0.29) is 0 Å². The first kappa shape index (κ1) is 12.4. The van der Waals surface area contributed by atoms with Crippen LogP contribution in [0.25, 0.3) is 10.9 Å². The van der Waals surface area contributed by atoms with E-state index in [9.17, 15) is 0 Å². The second kappa shape index (κ2) is 5.54. The number of hydrogen-bond acceptors (Lipinski definition) is 1. The maximum atomic E-state index is 3.33. The number of para-hydroxylation sites is 1. The molecule has 0 saturated carbocycles. The molecule has 0 atom stereocenters. The maximum absolute atomic E-state index is 3.33. The van der Waals surface area contributed by atoms with Gasteiger partial charge in [0.05, 0.1) is 0 Å². The second-order valence-electron chi connectivity index (χ2n) is 4.61. The molecule has 0 aliphatic heterocycles. The Morgan fingerprint density at radius 1 is 1.05 bits per heavy atom. The Labute approximate surface area is 118 Å². The molecule has 2 aromatic carbocycles. The van der Waals surface area contributed by atoms with Gasteiger partial charge in [-0.1, -0.05) is 30.0 Å². The van der Waals surface area contributed by atoms with E-state index in [4.69, 9.17) is 0 Å². The van der Waals surface area contributed by atoms with Crippen LogP contribution in [0, 0.1) is 11.8 Å². The Morgan fingerprint density at radius 2 is 1.95 bits per heavy atom. The van der Waals surface area contributed by atoms with Crippen LogP contribution in [0.2, 0.25) is 0 Å². The van der Waals surface area contributed by atoms with Gasteiger partial charge in [0.2, 0.25) is 0 Å². The van der Waals surface area contributed by atoms with E-state index in [2.05, 4.69) is 59.4 Å². The molecule has 0 amide bonds. The van der Waals surface area contributed by atoms with Gasteiger partial charge in [-0.25, -0.2) is 0 Å². The van der Waals surface area contributed by atoms with Gasteiger partial charge >= 0.3 is 0 Å². The van der Waals surface area contributed by atoms with E-state index >= 15 is 0 Å². The lowest BCUT2D eigenvalue weighted by molar-refractivity contribution is 1.21. The van der Waals surface area contributed by atoms with Crippen LogP contribution < -0.4 is 5.32 Å². The molecule has 0 radical (unpaired) electrons. The van der Waals surface area contributed by atoms with Gasteiger partial charge in [0.1, 0.15) is 0 Å². The molecule has 0 saturated heterocycles. The number of hydrogen-bond donors (Lipinski definition) is 2. The van der Waals surface area contributed by atoms with Crippen LogP contribution >= 0.6 is 0 Å². The van der Waals surface area contributed by atoms with Crippen molar-refractivity contribution in [1.29, 1.82) is 0 Å². The first-order valence-electron chi connectivity index (χ1n) is 6.79. The molecule has 0 aliphatic rings. The molecule has 98 valence electrons. The van der Waals surface area contributed by atoms with Gasteiger partial charge in [0.15, 0.2) is 0 Å². The highest BCUT2D eigenvalue weighted by Gasteiger charge is 1.97. The second-order valence-corrected chi connectivity index (χ2v) is 4.61. The highest BCUT2D eigenvalue weighted by molar-refractivity contribution is 5.80. The summed E-state index contributed by atoms with van der Waals surface area (Å²) in [5, 5.41) is 4.54. The van der Waals surface area contributed by atoms with Gasteiger partial charge in [-0.15, -0.1) is 0 Å². The lowest BCUT2D eigenvalue weighted by Gasteiger charge is -2.04. The highest BCUT2D eigenvalue weighted by Crippen LogP contribution is 2.15. The van der Waals surface area contributed by atoms with Crippen LogP contribution in [0.1, 0.15) is 18.1 Å². The van der Waals surface area contributed by atoms with Gasteiger partial charge in [-0.2, -0.15) is 0 Å². The first-order valence-corrected chi connectivity index (χ1v) is 6.79. The average Bonchev–Trinajstić information content (AvgIpc) is 2.94. The molecule has 0 fully saturated rings. The fourth-order valence-corrected chi connectivity index (χ4v) is 2.20. The van der Waals surface area contributed by atoms with Crippen molar-refractivity contribution in [2.45, 2.75) is 6.92 Å². The summed E-state index contributed by atoms with van der Waals surface area (Å²) in [4.78, 5) is 3.21. The quantitative estimate of drug-likeness (QED) is 0.670. The smallest absolute Gasteiger partial charge is 0.0499 e. The van der Waals surface area contributed by atoms with Crippen LogP contribution in [-0.2, 0) is 0 Å². The van der Waals surface area contributed by atoms with E-state index < -0.39 is 0 Å². The number of H-pyrrole nitrogens is 1. The summed E-state index contributed by atoms with van der Waals surface area (Å²) >= 11 is 0. The van der Waals surface area contributed by atoms with E-state index in [1.165, 1.54) is 5.39 Å². The van der Waals surface area contributed by atoms with Gasteiger partial charge in [0, 0.05) is 35.1 Å². The third-order valence-electron chi connectivity index (χ3n) is 3.19. The number of fused-ring (bicyclic) bond motifs is 1.